The van der Waals surface area contributed by atoms with Crippen LogP contribution < -0.4 is 0 Å². The first-order valence-electron chi connectivity index (χ1n) is 8.91. The number of rotatable bonds is 8. The molecule has 1 aromatic carbocycles. The second kappa shape index (κ2) is 8.59. The number of hydrogen-bond donors (Lipinski definition) is 0. The van der Waals surface area contributed by atoms with Crippen LogP contribution in [0.25, 0.3) is 0 Å². The lowest BCUT2D eigenvalue weighted by atomic mass is 9.81. The van der Waals surface area contributed by atoms with Gasteiger partial charge in [-0.05, 0) is 30.7 Å². The molecule has 3 rings (SSSR count). The first-order valence-corrected chi connectivity index (χ1v) is 9.79. The summed E-state index contributed by atoms with van der Waals surface area (Å²) in [5, 5.41) is 3.18. The standard InChI is InChI=1S/C20H26N2O2S/c1-15(19(24-2)18-9-6-11-22(18)14-23)17(20-21-10-12-25-20)13-16-7-4-3-5-8-16/h3-5,7-8,10,12,14-15,17-19H,6,9,11,13H2,1-2H3. The van der Waals surface area contributed by atoms with Crippen molar-refractivity contribution in [1.82, 2.24) is 9.88 Å². The van der Waals surface area contributed by atoms with Gasteiger partial charge in [0.2, 0.25) is 6.41 Å². The van der Waals surface area contributed by atoms with Gasteiger partial charge in [0.1, 0.15) is 0 Å². The maximum absolute atomic E-state index is 11.4. The molecule has 1 aliphatic heterocycles. The van der Waals surface area contributed by atoms with Crippen molar-refractivity contribution in [1.29, 1.82) is 0 Å². The van der Waals surface area contributed by atoms with Crippen LogP contribution in [0, 0.1) is 5.92 Å². The highest BCUT2D eigenvalue weighted by Gasteiger charge is 2.38. The topological polar surface area (TPSA) is 42.4 Å². The van der Waals surface area contributed by atoms with Gasteiger partial charge >= 0.3 is 0 Å². The molecule has 2 aromatic rings. The Hall–Kier alpha value is -1.72. The van der Waals surface area contributed by atoms with Gasteiger partial charge in [0.15, 0.2) is 0 Å². The monoisotopic (exact) mass is 358 g/mol. The molecule has 0 N–H and O–H groups in total. The summed E-state index contributed by atoms with van der Waals surface area (Å²) in [6.07, 6.45) is 5.87. The molecule has 4 nitrogen and oxygen atoms in total. The highest BCUT2D eigenvalue weighted by Crippen LogP contribution is 2.36. The Balaban J connectivity index is 1.84. The summed E-state index contributed by atoms with van der Waals surface area (Å²) in [7, 11) is 1.77. The molecule has 1 amide bonds. The number of amides is 1. The van der Waals surface area contributed by atoms with Gasteiger partial charge < -0.3 is 9.64 Å². The lowest BCUT2D eigenvalue weighted by Crippen LogP contribution is -2.44. The van der Waals surface area contributed by atoms with Gasteiger partial charge in [-0.25, -0.2) is 4.98 Å². The van der Waals surface area contributed by atoms with E-state index in [1.807, 2.05) is 22.5 Å². The molecule has 4 atom stereocenters. The average molecular weight is 359 g/mol. The van der Waals surface area contributed by atoms with Crippen LogP contribution in [0.3, 0.4) is 0 Å². The molecule has 1 fully saturated rings. The summed E-state index contributed by atoms with van der Waals surface area (Å²) < 4.78 is 5.92. The van der Waals surface area contributed by atoms with E-state index in [9.17, 15) is 4.79 Å². The molecular formula is C20H26N2O2S. The van der Waals surface area contributed by atoms with E-state index < -0.39 is 0 Å². The normalized spacial score (nSPS) is 21.0. The van der Waals surface area contributed by atoms with E-state index in [1.165, 1.54) is 5.56 Å². The van der Waals surface area contributed by atoms with E-state index in [1.54, 1.807) is 18.4 Å². The van der Waals surface area contributed by atoms with E-state index in [-0.39, 0.29) is 24.0 Å². The predicted octanol–water partition coefficient (Wildman–Crippen LogP) is 3.74. The molecule has 0 saturated carbocycles. The second-order valence-electron chi connectivity index (χ2n) is 6.78. The largest absolute Gasteiger partial charge is 0.379 e. The number of ether oxygens (including phenoxy) is 1. The van der Waals surface area contributed by atoms with Crippen LogP contribution in [-0.4, -0.2) is 42.1 Å². The zero-order valence-corrected chi connectivity index (χ0v) is 15.7. The number of carbonyl (C=O) groups excluding carboxylic acids is 1. The molecule has 0 aliphatic carbocycles. The Kier molecular flexibility index (Phi) is 6.21. The third-order valence-corrected chi connectivity index (χ3v) is 6.26. The van der Waals surface area contributed by atoms with Crippen molar-refractivity contribution < 1.29 is 9.53 Å². The van der Waals surface area contributed by atoms with E-state index in [2.05, 4.69) is 36.2 Å². The van der Waals surface area contributed by atoms with Crippen LogP contribution in [-0.2, 0) is 16.0 Å². The fourth-order valence-corrected chi connectivity index (χ4v) is 4.89. The average Bonchev–Trinajstić information content (AvgIpc) is 3.33. The van der Waals surface area contributed by atoms with Gasteiger partial charge in [-0.15, -0.1) is 11.3 Å². The summed E-state index contributed by atoms with van der Waals surface area (Å²) in [5.41, 5.74) is 1.31. The van der Waals surface area contributed by atoms with Crippen molar-refractivity contribution >= 4 is 17.7 Å². The second-order valence-corrected chi connectivity index (χ2v) is 7.70. The zero-order valence-electron chi connectivity index (χ0n) is 14.9. The third kappa shape index (κ3) is 4.10. The van der Waals surface area contributed by atoms with Gasteiger partial charge in [-0.3, -0.25) is 4.79 Å². The number of nitrogens with zero attached hydrogens (tertiary/aromatic N) is 2. The molecule has 0 spiro atoms. The maximum Gasteiger partial charge on any atom is 0.210 e. The first-order chi connectivity index (χ1) is 12.2. The summed E-state index contributed by atoms with van der Waals surface area (Å²) in [5.74, 6) is 0.545. The Morgan fingerprint density at radius 3 is 2.84 bits per heavy atom. The van der Waals surface area contributed by atoms with Crippen LogP contribution in [0.15, 0.2) is 41.9 Å². The summed E-state index contributed by atoms with van der Waals surface area (Å²) in [4.78, 5) is 17.9. The van der Waals surface area contributed by atoms with Gasteiger partial charge in [0.25, 0.3) is 0 Å². The zero-order chi connectivity index (χ0) is 17.6. The van der Waals surface area contributed by atoms with Crippen molar-refractivity contribution in [2.24, 2.45) is 5.92 Å². The lowest BCUT2D eigenvalue weighted by Gasteiger charge is -2.36. The molecule has 0 radical (unpaired) electrons. The van der Waals surface area contributed by atoms with E-state index in [4.69, 9.17) is 4.74 Å². The van der Waals surface area contributed by atoms with Crippen molar-refractivity contribution in [3.63, 3.8) is 0 Å². The number of benzene rings is 1. The molecule has 1 aliphatic rings. The Labute approximate surface area is 153 Å². The van der Waals surface area contributed by atoms with E-state index in [0.717, 1.165) is 37.2 Å². The minimum absolute atomic E-state index is 0.0188. The maximum atomic E-state index is 11.4. The molecule has 25 heavy (non-hydrogen) atoms. The SMILES string of the molecule is COC(C(C)C(Cc1ccccc1)c1nccs1)C1CCCN1C=O. The van der Waals surface area contributed by atoms with Crippen LogP contribution in [0.2, 0.25) is 0 Å². The number of hydrogen-bond acceptors (Lipinski definition) is 4. The van der Waals surface area contributed by atoms with Gasteiger partial charge in [0.05, 0.1) is 17.2 Å². The number of aromatic nitrogens is 1. The van der Waals surface area contributed by atoms with Crippen molar-refractivity contribution in [2.45, 2.75) is 44.2 Å². The predicted molar refractivity (Wildman–Crippen MR) is 101 cm³/mol. The molecule has 1 aromatic heterocycles. The number of methoxy groups -OCH3 is 1. The molecule has 5 heteroatoms. The fourth-order valence-electron chi connectivity index (χ4n) is 4.03. The molecule has 0 bridgehead atoms. The minimum Gasteiger partial charge on any atom is -0.379 e. The van der Waals surface area contributed by atoms with Crippen LogP contribution in [0.4, 0.5) is 0 Å². The van der Waals surface area contributed by atoms with E-state index in [0.29, 0.717) is 0 Å². The van der Waals surface area contributed by atoms with Crippen molar-refractivity contribution in [3.05, 3.63) is 52.5 Å². The Bertz CT molecular complexity index is 647. The number of thiazole rings is 1. The minimum atomic E-state index is 0.0188. The van der Waals surface area contributed by atoms with Crippen LogP contribution in [0.5, 0.6) is 0 Å². The highest BCUT2D eigenvalue weighted by atomic mass is 32.1. The van der Waals surface area contributed by atoms with E-state index >= 15 is 0 Å². The number of carbonyl (C=O) groups is 1. The summed E-state index contributed by atoms with van der Waals surface area (Å²) in [6, 6.07) is 10.7. The summed E-state index contributed by atoms with van der Waals surface area (Å²) in [6.45, 7) is 3.08. The van der Waals surface area contributed by atoms with Crippen LogP contribution >= 0.6 is 11.3 Å². The molecule has 4 unspecified atom stereocenters. The third-order valence-electron chi connectivity index (χ3n) is 5.35. The first kappa shape index (κ1) is 18.1. The molecular weight excluding hydrogens is 332 g/mol. The fraction of sp³-hybridized carbons (Fsp3) is 0.500. The molecule has 1 saturated heterocycles. The Morgan fingerprint density at radius 1 is 1.40 bits per heavy atom. The van der Waals surface area contributed by atoms with Crippen molar-refractivity contribution in [3.8, 4) is 0 Å². The summed E-state index contributed by atoms with van der Waals surface area (Å²) >= 11 is 1.71. The van der Waals surface area contributed by atoms with Crippen molar-refractivity contribution in [2.75, 3.05) is 13.7 Å². The lowest BCUT2D eigenvalue weighted by molar-refractivity contribution is -0.122. The van der Waals surface area contributed by atoms with Gasteiger partial charge in [0, 0.05) is 31.1 Å². The quantitative estimate of drug-likeness (QED) is 0.675. The Morgan fingerprint density at radius 2 is 2.20 bits per heavy atom. The smallest absolute Gasteiger partial charge is 0.210 e. The molecule has 134 valence electrons. The van der Waals surface area contributed by atoms with Crippen LogP contribution in [0.1, 0.15) is 36.3 Å². The van der Waals surface area contributed by atoms with Gasteiger partial charge in [-0.1, -0.05) is 37.3 Å². The van der Waals surface area contributed by atoms with Gasteiger partial charge in [-0.2, -0.15) is 0 Å². The molecule has 2 heterocycles. The number of likely N-dealkylation sites (tertiary alicyclic amines) is 1. The highest BCUT2D eigenvalue weighted by molar-refractivity contribution is 7.09.